The van der Waals surface area contributed by atoms with E-state index in [1.165, 1.54) is 6.07 Å². The molecule has 0 radical (unpaired) electrons. The molecule has 0 aliphatic carbocycles. The number of nitro benzene ring substituents is 1. The monoisotopic (exact) mass is 268 g/mol. The van der Waals surface area contributed by atoms with Crippen LogP contribution in [0.15, 0.2) is 18.2 Å². The van der Waals surface area contributed by atoms with E-state index in [9.17, 15) is 20.0 Å². The normalized spacial score (nSPS) is 13.6. The van der Waals surface area contributed by atoms with E-state index in [1.807, 2.05) is 6.92 Å². The first-order chi connectivity index (χ1) is 8.83. The quantitative estimate of drug-likeness (QED) is 0.536. The second kappa shape index (κ2) is 5.66. The van der Waals surface area contributed by atoms with E-state index in [0.29, 0.717) is 6.42 Å². The van der Waals surface area contributed by atoms with Crippen LogP contribution in [-0.4, -0.2) is 33.3 Å². The molecule has 1 aromatic carbocycles. The Balaban J connectivity index is 3.25. The average Bonchev–Trinajstić information content (AvgIpc) is 2.38. The molecular weight excluding hydrogens is 252 g/mol. The van der Waals surface area contributed by atoms with Gasteiger partial charge in [-0.2, -0.15) is 0 Å². The van der Waals surface area contributed by atoms with Gasteiger partial charge in [0.1, 0.15) is 0 Å². The van der Waals surface area contributed by atoms with Gasteiger partial charge in [0.05, 0.1) is 28.3 Å². The van der Waals surface area contributed by atoms with Crippen LogP contribution in [0, 0.1) is 10.1 Å². The highest BCUT2D eigenvalue weighted by Crippen LogP contribution is 2.26. The largest absolute Gasteiger partial charge is 0.478 e. The maximum absolute atomic E-state index is 11.1. The van der Waals surface area contributed by atoms with Crippen LogP contribution < -0.4 is 5.32 Å². The fraction of sp³-hybridized carbons (Fsp3) is 0.417. The van der Waals surface area contributed by atoms with Gasteiger partial charge >= 0.3 is 5.97 Å². The summed E-state index contributed by atoms with van der Waals surface area (Å²) in [5.74, 6) is -1.19. The molecule has 7 nitrogen and oxygen atoms in total. The van der Waals surface area contributed by atoms with E-state index in [-0.39, 0.29) is 23.5 Å². The van der Waals surface area contributed by atoms with E-state index in [2.05, 4.69) is 5.32 Å². The molecule has 1 rings (SSSR count). The van der Waals surface area contributed by atoms with Crippen molar-refractivity contribution in [2.24, 2.45) is 0 Å². The smallest absolute Gasteiger partial charge is 0.337 e. The summed E-state index contributed by atoms with van der Waals surface area (Å²) in [5.41, 5.74) is -0.887. The third kappa shape index (κ3) is 3.41. The Bertz CT molecular complexity index is 497. The van der Waals surface area contributed by atoms with Crippen molar-refractivity contribution in [3.8, 4) is 0 Å². The topological polar surface area (TPSA) is 113 Å². The number of hydrogen-bond acceptors (Lipinski definition) is 5. The number of nitrogens with zero attached hydrogens (tertiary/aromatic N) is 1. The minimum Gasteiger partial charge on any atom is -0.478 e. The van der Waals surface area contributed by atoms with Gasteiger partial charge in [0, 0.05) is 12.1 Å². The fourth-order valence-corrected chi connectivity index (χ4v) is 1.50. The third-order valence-corrected chi connectivity index (χ3v) is 3.01. The van der Waals surface area contributed by atoms with Crippen molar-refractivity contribution in [2.45, 2.75) is 25.8 Å². The van der Waals surface area contributed by atoms with Crippen molar-refractivity contribution in [1.82, 2.24) is 0 Å². The number of non-ortho nitro benzene ring substituents is 1. The van der Waals surface area contributed by atoms with Gasteiger partial charge in [0.2, 0.25) is 0 Å². The summed E-state index contributed by atoms with van der Waals surface area (Å²) in [6.07, 6.45) is 0.533. The predicted molar refractivity (Wildman–Crippen MR) is 69.5 cm³/mol. The molecule has 0 aromatic heterocycles. The van der Waals surface area contributed by atoms with Crippen molar-refractivity contribution in [3.05, 3.63) is 33.9 Å². The molecular formula is C12H16N2O5. The summed E-state index contributed by atoms with van der Waals surface area (Å²) in [6, 6.07) is 3.47. The molecule has 0 spiro atoms. The standard InChI is InChI=1S/C12H16N2O5/c1-3-12(2,7-15)13-10-6-8(14(18)19)4-5-9(10)11(16)17/h4-6,13,15H,3,7H2,1-2H3,(H,16,17). The van der Waals surface area contributed by atoms with E-state index < -0.39 is 16.4 Å². The number of anilines is 1. The molecule has 1 unspecified atom stereocenters. The summed E-state index contributed by atoms with van der Waals surface area (Å²) in [7, 11) is 0. The zero-order valence-electron chi connectivity index (χ0n) is 10.7. The van der Waals surface area contributed by atoms with Gasteiger partial charge in [0.25, 0.3) is 5.69 Å². The molecule has 104 valence electrons. The number of nitrogens with one attached hydrogen (secondary N) is 1. The van der Waals surface area contributed by atoms with Crippen LogP contribution in [0.2, 0.25) is 0 Å². The van der Waals surface area contributed by atoms with Crippen LogP contribution in [-0.2, 0) is 0 Å². The highest BCUT2D eigenvalue weighted by molar-refractivity contribution is 5.95. The van der Waals surface area contributed by atoms with Gasteiger partial charge in [0.15, 0.2) is 0 Å². The van der Waals surface area contributed by atoms with E-state index in [1.54, 1.807) is 6.92 Å². The maximum atomic E-state index is 11.1. The zero-order chi connectivity index (χ0) is 14.6. The number of carboxylic acid groups (broad SMARTS) is 1. The number of carbonyl (C=O) groups is 1. The van der Waals surface area contributed by atoms with Gasteiger partial charge in [-0.25, -0.2) is 4.79 Å². The van der Waals surface area contributed by atoms with Crippen molar-refractivity contribution in [2.75, 3.05) is 11.9 Å². The van der Waals surface area contributed by atoms with Crippen molar-refractivity contribution in [3.63, 3.8) is 0 Å². The summed E-state index contributed by atoms with van der Waals surface area (Å²) in [4.78, 5) is 21.2. The molecule has 0 saturated heterocycles. The summed E-state index contributed by atoms with van der Waals surface area (Å²) in [6.45, 7) is 3.31. The average molecular weight is 268 g/mol. The number of carboxylic acids is 1. The molecule has 0 aliphatic rings. The highest BCUT2D eigenvalue weighted by Gasteiger charge is 2.24. The lowest BCUT2D eigenvalue weighted by Gasteiger charge is -2.29. The summed E-state index contributed by atoms with van der Waals surface area (Å²) >= 11 is 0. The van der Waals surface area contributed by atoms with Crippen LogP contribution in [0.25, 0.3) is 0 Å². The van der Waals surface area contributed by atoms with Crippen LogP contribution in [0.4, 0.5) is 11.4 Å². The minimum absolute atomic E-state index is 0.0706. The van der Waals surface area contributed by atoms with Crippen molar-refractivity contribution < 1.29 is 19.9 Å². The lowest BCUT2D eigenvalue weighted by atomic mass is 9.98. The maximum Gasteiger partial charge on any atom is 0.337 e. The van der Waals surface area contributed by atoms with Gasteiger partial charge in [-0.3, -0.25) is 10.1 Å². The first kappa shape index (κ1) is 14.9. The van der Waals surface area contributed by atoms with E-state index >= 15 is 0 Å². The van der Waals surface area contributed by atoms with Crippen molar-refractivity contribution >= 4 is 17.3 Å². The van der Waals surface area contributed by atoms with Gasteiger partial charge in [-0.05, 0) is 19.4 Å². The molecule has 0 heterocycles. The molecule has 0 bridgehead atoms. The first-order valence-corrected chi connectivity index (χ1v) is 5.73. The zero-order valence-corrected chi connectivity index (χ0v) is 10.7. The molecule has 0 fully saturated rings. The molecule has 19 heavy (non-hydrogen) atoms. The van der Waals surface area contributed by atoms with Gasteiger partial charge in [-0.1, -0.05) is 6.92 Å². The van der Waals surface area contributed by atoms with Crippen LogP contribution in [0.3, 0.4) is 0 Å². The summed E-state index contributed by atoms with van der Waals surface area (Å²) in [5, 5.41) is 32.0. The second-order valence-corrected chi connectivity index (χ2v) is 4.49. The fourth-order valence-electron chi connectivity index (χ4n) is 1.50. The van der Waals surface area contributed by atoms with Crippen LogP contribution >= 0.6 is 0 Å². The number of aliphatic hydroxyl groups excluding tert-OH is 1. The molecule has 0 amide bonds. The highest BCUT2D eigenvalue weighted by atomic mass is 16.6. The second-order valence-electron chi connectivity index (χ2n) is 4.49. The Labute approximate surface area is 110 Å². The molecule has 3 N–H and O–H groups in total. The Hall–Kier alpha value is -2.15. The molecule has 0 aliphatic heterocycles. The molecule has 1 aromatic rings. The predicted octanol–water partition coefficient (Wildman–Crippen LogP) is 1.87. The lowest BCUT2D eigenvalue weighted by molar-refractivity contribution is -0.384. The number of nitro groups is 1. The first-order valence-electron chi connectivity index (χ1n) is 5.73. The molecule has 1 atom stereocenters. The van der Waals surface area contributed by atoms with E-state index in [0.717, 1.165) is 12.1 Å². The Morgan fingerprint density at radius 1 is 1.53 bits per heavy atom. The van der Waals surface area contributed by atoms with Crippen LogP contribution in [0.5, 0.6) is 0 Å². The number of aliphatic hydroxyl groups is 1. The Morgan fingerprint density at radius 2 is 2.16 bits per heavy atom. The number of benzene rings is 1. The van der Waals surface area contributed by atoms with Crippen LogP contribution in [0.1, 0.15) is 30.6 Å². The number of hydrogen-bond donors (Lipinski definition) is 3. The Kier molecular flexibility index (Phi) is 4.44. The van der Waals surface area contributed by atoms with Gasteiger partial charge < -0.3 is 15.5 Å². The Morgan fingerprint density at radius 3 is 2.58 bits per heavy atom. The molecule has 7 heteroatoms. The SMILES string of the molecule is CCC(C)(CO)Nc1cc([N+](=O)[O-])ccc1C(=O)O. The molecule has 0 saturated carbocycles. The van der Waals surface area contributed by atoms with E-state index in [4.69, 9.17) is 5.11 Å². The number of aromatic carboxylic acids is 1. The van der Waals surface area contributed by atoms with Gasteiger partial charge in [-0.15, -0.1) is 0 Å². The summed E-state index contributed by atoms with van der Waals surface area (Å²) < 4.78 is 0. The minimum atomic E-state index is -1.19. The third-order valence-electron chi connectivity index (χ3n) is 3.01. The van der Waals surface area contributed by atoms with Crippen molar-refractivity contribution in [1.29, 1.82) is 0 Å². The lowest BCUT2D eigenvalue weighted by Crippen LogP contribution is -2.38. The number of rotatable bonds is 6.